The summed E-state index contributed by atoms with van der Waals surface area (Å²) in [5.41, 5.74) is -0.130. The zero-order valence-corrected chi connectivity index (χ0v) is 18.5. The summed E-state index contributed by atoms with van der Waals surface area (Å²) in [5, 5.41) is -0.956. The van der Waals surface area contributed by atoms with E-state index in [0.29, 0.717) is 5.56 Å². The number of sulfonamides is 1. The van der Waals surface area contributed by atoms with E-state index in [-0.39, 0.29) is 28.4 Å². The molecule has 0 aromatic heterocycles. The van der Waals surface area contributed by atoms with Crippen molar-refractivity contribution in [3.05, 3.63) is 84.2 Å². The van der Waals surface area contributed by atoms with Crippen LogP contribution in [0.5, 0.6) is 0 Å². The molecule has 0 atom stereocenters. The average Bonchev–Trinajstić information content (AvgIpc) is 2.72. The molecular formula is C22H17F4NO4S2. The van der Waals surface area contributed by atoms with E-state index in [0.717, 1.165) is 40.7 Å². The molecule has 3 aromatic rings. The van der Waals surface area contributed by atoms with Gasteiger partial charge in [0, 0.05) is 13.1 Å². The second kappa shape index (κ2) is 8.23. The molecule has 1 aliphatic heterocycles. The molecule has 0 N–H and O–H groups in total. The molecule has 0 amide bonds. The predicted octanol–water partition coefficient (Wildman–Crippen LogP) is 4.36. The first kappa shape index (κ1) is 23.4. The summed E-state index contributed by atoms with van der Waals surface area (Å²) in [6.07, 6.45) is -4.50. The lowest BCUT2D eigenvalue weighted by Gasteiger charge is -2.37. The third-order valence-electron chi connectivity index (χ3n) is 5.41. The molecule has 174 valence electrons. The SMILES string of the molecule is O=S(=O)(c1ccc(F)cc1)C1CN(S(=O)(=O)c2ccc(-c3cccc(C(F)(F)F)c3)cc2)C1. The van der Waals surface area contributed by atoms with Crippen LogP contribution in [0.2, 0.25) is 0 Å². The van der Waals surface area contributed by atoms with Crippen molar-refractivity contribution in [1.82, 2.24) is 4.31 Å². The van der Waals surface area contributed by atoms with Crippen LogP contribution in [-0.2, 0) is 26.0 Å². The largest absolute Gasteiger partial charge is 0.416 e. The first-order chi connectivity index (χ1) is 15.4. The number of rotatable bonds is 5. The van der Waals surface area contributed by atoms with E-state index in [1.165, 1.54) is 36.4 Å². The van der Waals surface area contributed by atoms with Gasteiger partial charge >= 0.3 is 6.18 Å². The Morgan fingerprint density at radius 3 is 1.91 bits per heavy atom. The maximum Gasteiger partial charge on any atom is 0.416 e. The number of alkyl halides is 3. The van der Waals surface area contributed by atoms with Gasteiger partial charge in [0.2, 0.25) is 10.0 Å². The Morgan fingerprint density at radius 1 is 0.758 bits per heavy atom. The zero-order chi connectivity index (χ0) is 24.0. The summed E-state index contributed by atoms with van der Waals surface area (Å²) < 4.78 is 104. The van der Waals surface area contributed by atoms with Crippen molar-refractivity contribution in [2.45, 2.75) is 21.2 Å². The fourth-order valence-corrected chi connectivity index (χ4v) is 6.83. The van der Waals surface area contributed by atoms with Crippen LogP contribution in [0.15, 0.2) is 82.6 Å². The molecular weight excluding hydrogens is 482 g/mol. The van der Waals surface area contributed by atoms with Crippen LogP contribution in [0, 0.1) is 5.82 Å². The van der Waals surface area contributed by atoms with Gasteiger partial charge in [-0.25, -0.2) is 21.2 Å². The van der Waals surface area contributed by atoms with Crippen LogP contribution in [0.4, 0.5) is 17.6 Å². The summed E-state index contributed by atoms with van der Waals surface area (Å²) in [6.45, 7) is -0.505. The Kier molecular flexibility index (Phi) is 5.83. The molecule has 4 rings (SSSR count). The van der Waals surface area contributed by atoms with Crippen LogP contribution in [0.1, 0.15) is 5.56 Å². The lowest BCUT2D eigenvalue weighted by molar-refractivity contribution is -0.137. The van der Waals surface area contributed by atoms with Crippen molar-refractivity contribution in [1.29, 1.82) is 0 Å². The minimum atomic E-state index is -4.50. The Hall–Kier alpha value is -2.76. The molecule has 11 heteroatoms. The molecule has 0 unspecified atom stereocenters. The molecule has 1 heterocycles. The molecule has 0 spiro atoms. The van der Waals surface area contributed by atoms with E-state index in [9.17, 15) is 34.4 Å². The van der Waals surface area contributed by atoms with Gasteiger partial charge in [0.15, 0.2) is 9.84 Å². The van der Waals surface area contributed by atoms with Gasteiger partial charge in [-0.05, 0) is 59.7 Å². The standard InChI is InChI=1S/C22H17F4NO4S2/c23-18-6-10-19(11-7-18)32(28,29)21-13-27(14-21)33(30,31)20-8-4-15(5-9-20)16-2-1-3-17(12-16)22(24,25)26/h1-12,21H,13-14H2. The second-order valence-electron chi connectivity index (χ2n) is 7.55. The van der Waals surface area contributed by atoms with E-state index in [1.807, 2.05) is 0 Å². The Balaban J connectivity index is 1.50. The van der Waals surface area contributed by atoms with Gasteiger partial charge < -0.3 is 0 Å². The Labute approximate surface area is 188 Å². The normalized spacial score (nSPS) is 15.9. The van der Waals surface area contributed by atoms with Crippen LogP contribution in [0.3, 0.4) is 0 Å². The Bertz CT molecular complexity index is 1380. The summed E-state index contributed by atoms with van der Waals surface area (Å²) in [5.74, 6) is -0.583. The topological polar surface area (TPSA) is 71.5 Å². The first-order valence-corrected chi connectivity index (χ1v) is 12.6. The van der Waals surface area contributed by atoms with Crippen LogP contribution >= 0.6 is 0 Å². The third-order valence-corrected chi connectivity index (χ3v) is 9.36. The van der Waals surface area contributed by atoms with Crippen molar-refractivity contribution < 1.29 is 34.4 Å². The summed E-state index contributed by atoms with van der Waals surface area (Å²) in [4.78, 5) is -0.188. The summed E-state index contributed by atoms with van der Waals surface area (Å²) in [6, 6.07) is 14.3. The van der Waals surface area contributed by atoms with Crippen molar-refractivity contribution in [2.75, 3.05) is 13.1 Å². The van der Waals surface area contributed by atoms with E-state index in [4.69, 9.17) is 0 Å². The first-order valence-electron chi connectivity index (χ1n) is 9.66. The minimum Gasteiger partial charge on any atom is -0.223 e. The molecule has 0 saturated carbocycles. The maximum atomic E-state index is 13.1. The van der Waals surface area contributed by atoms with Gasteiger partial charge in [0.05, 0.1) is 20.6 Å². The number of benzene rings is 3. The van der Waals surface area contributed by atoms with Crippen molar-refractivity contribution in [3.8, 4) is 11.1 Å². The van der Waals surface area contributed by atoms with Gasteiger partial charge in [0.1, 0.15) is 5.82 Å². The number of nitrogens with zero attached hydrogens (tertiary/aromatic N) is 1. The van der Waals surface area contributed by atoms with Crippen LogP contribution in [0.25, 0.3) is 11.1 Å². The van der Waals surface area contributed by atoms with Gasteiger partial charge in [-0.15, -0.1) is 0 Å². The van der Waals surface area contributed by atoms with Gasteiger partial charge in [0.25, 0.3) is 0 Å². The van der Waals surface area contributed by atoms with Gasteiger partial charge in [-0.3, -0.25) is 0 Å². The van der Waals surface area contributed by atoms with Gasteiger partial charge in [-0.2, -0.15) is 17.5 Å². The summed E-state index contributed by atoms with van der Waals surface area (Å²) >= 11 is 0. The van der Waals surface area contributed by atoms with E-state index < -0.39 is 42.7 Å². The smallest absolute Gasteiger partial charge is 0.223 e. The summed E-state index contributed by atoms with van der Waals surface area (Å²) in [7, 11) is -7.80. The lowest BCUT2D eigenvalue weighted by Crippen LogP contribution is -2.56. The second-order valence-corrected chi connectivity index (χ2v) is 11.7. The fourth-order valence-electron chi connectivity index (χ4n) is 3.45. The molecule has 0 bridgehead atoms. The quantitative estimate of drug-likeness (QED) is 0.387. The highest BCUT2D eigenvalue weighted by molar-refractivity contribution is 7.92. The highest BCUT2D eigenvalue weighted by atomic mass is 32.2. The van der Waals surface area contributed by atoms with E-state index in [1.54, 1.807) is 0 Å². The third kappa shape index (κ3) is 4.53. The van der Waals surface area contributed by atoms with Crippen LogP contribution in [-0.4, -0.2) is 39.5 Å². The van der Waals surface area contributed by atoms with Gasteiger partial charge in [-0.1, -0.05) is 24.3 Å². The van der Waals surface area contributed by atoms with Crippen molar-refractivity contribution >= 4 is 19.9 Å². The Morgan fingerprint density at radius 2 is 1.33 bits per heavy atom. The lowest BCUT2D eigenvalue weighted by atomic mass is 10.0. The number of sulfone groups is 1. The number of hydrogen-bond acceptors (Lipinski definition) is 4. The van der Waals surface area contributed by atoms with Crippen LogP contribution < -0.4 is 0 Å². The predicted molar refractivity (Wildman–Crippen MR) is 113 cm³/mol. The maximum absolute atomic E-state index is 13.1. The molecule has 1 aliphatic rings. The van der Waals surface area contributed by atoms with Crippen molar-refractivity contribution in [2.24, 2.45) is 0 Å². The zero-order valence-electron chi connectivity index (χ0n) is 16.8. The molecule has 3 aromatic carbocycles. The molecule has 0 radical (unpaired) electrons. The number of halogens is 4. The monoisotopic (exact) mass is 499 g/mol. The molecule has 33 heavy (non-hydrogen) atoms. The molecule has 1 fully saturated rings. The molecule has 1 saturated heterocycles. The highest BCUT2D eigenvalue weighted by Gasteiger charge is 2.44. The van der Waals surface area contributed by atoms with Crippen molar-refractivity contribution in [3.63, 3.8) is 0 Å². The molecule has 0 aliphatic carbocycles. The molecule has 5 nitrogen and oxygen atoms in total. The fraction of sp³-hybridized carbons (Fsp3) is 0.182. The average molecular weight is 500 g/mol. The highest BCUT2D eigenvalue weighted by Crippen LogP contribution is 2.33. The minimum absolute atomic E-state index is 0.0867. The van der Waals surface area contributed by atoms with E-state index in [2.05, 4.69) is 0 Å². The number of hydrogen-bond donors (Lipinski definition) is 0. The van der Waals surface area contributed by atoms with E-state index >= 15 is 0 Å².